The van der Waals surface area contributed by atoms with Crippen molar-refractivity contribution in [3.05, 3.63) is 111 Å². The minimum absolute atomic E-state index is 0.00130. The molecular formula is C29H25Cl2NO4S. The van der Waals surface area contributed by atoms with Gasteiger partial charge in [0.15, 0.2) is 11.5 Å². The van der Waals surface area contributed by atoms with E-state index in [1.165, 1.54) is 0 Å². The lowest BCUT2D eigenvalue weighted by Crippen LogP contribution is -2.27. The highest BCUT2D eigenvalue weighted by molar-refractivity contribution is 8.18. The highest BCUT2D eigenvalue weighted by atomic mass is 35.5. The summed E-state index contributed by atoms with van der Waals surface area (Å²) in [5.41, 5.74) is 3.14. The summed E-state index contributed by atoms with van der Waals surface area (Å²) in [4.78, 5) is 27.3. The van der Waals surface area contributed by atoms with Crippen molar-refractivity contribution in [2.45, 2.75) is 26.5 Å². The van der Waals surface area contributed by atoms with Crippen LogP contribution in [0.2, 0.25) is 10.0 Å². The summed E-state index contributed by atoms with van der Waals surface area (Å²) in [5, 5.41) is 0.417. The van der Waals surface area contributed by atoms with E-state index in [0.717, 1.165) is 27.8 Å². The van der Waals surface area contributed by atoms with E-state index in [2.05, 4.69) is 6.58 Å². The van der Waals surface area contributed by atoms with Gasteiger partial charge in [-0.2, -0.15) is 0 Å². The fourth-order valence-corrected chi connectivity index (χ4v) is 5.21. The number of hydrogen-bond acceptors (Lipinski definition) is 5. The fraction of sp³-hybridized carbons (Fsp3) is 0.172. The molecule has 1 heterocycles. The topological polar surface area (TPSA) is 55.8 Å². The average molecular weight is 554 g/mol. The van der Waals surface area contributed by atoms with Gasteiger partial charge in [0.1, 0.15) is 6.61 Å². The predicted octanol–water partition coefficient (Wildman–Crippen LogP) is 7.94. The summed E-state index contributed by atoms with van der Waals surface area (Å²) in [7, 11) is 0. The lowest BCUT2D eigenvalue weighted by atomic mass is 10.0. The van der Waals surface area contributed by atoms with Crippen LogP contribution in [0.4, 0.5) is 4.79 Å². The van der Waals surface area contributed by atoms with Gasteiger partial charge in [-0.05, 0) is 66.6 Å². The molecule has 0 aliphatic carbocycles. The van der Waals surface area contributed by atoms with Gasteiger partial charge < -0.3 is 9.47 Å². The van der Waals surface area contributed by atoms with Crippen LogP contribution in [0.25, 0.3) is 6.08 Å². The first kappa shape index (κ1) is 26.9. The fourth-order valence-electron chi connectivity index (χ4n) is 3.86. The summed E-state index contributed by atoms with van der Waals surface area (Å²) in [6.45, 7) is 6.58. The van der Waals surface area contributed by atoms with Crippen LogP contribution in [-0.4, -0.2) is 22.7 Å². The van der Waals surface area contributed by atoms with E-state index < -0.39 is 5.91 Å². The molecule has 0 saturated carbocycles. The second-order valence-electron chi connectivity index (χ2n) is 8.18. The van der Waals surface area contributed by atoms with Gasteiger partial charge in [-0.3, -0.25) is 14.5 Å². The molecule has 1 fully saturated rings. The van der Waals surface area contributed by atoms with E-state index in [-0.39, 0.29) is 11.8 Å². The third-order valence-corrected chi connectivity index (χ3v) is 7.21. The van der Waals surface area contributed by atoms with E-state index >= 15 is 0 Å². The molecule has 3 aromatic rings. The third-order valence-electron chi connectivity index (χ3n) is 5.59. The Morgan fingerprint density at radius 2 is 1.73 bits per heavy atom. The normalized spacial score (nSPS) is 14.4. The number of amides is 2. The predicted molar refractivity (Wildman–Crippen MR) is 150 cm³/mol. The first-order valence-corrected chi connectivity index (χ1v) is 13.2. The zero-order chi connectivity index (χ0) is 26.4. The van der Waals surface area contributed by atoms with E-state index in [1.54, 1.807) is 30.4 Å². The van der Waals surface area contributed by atoms with E-state index in [0.29, 0.717) is 57.2 Å². The van der Waals surface area contributed by atoms with Gasteiger partial charge >= 0.3 is 0 Å². The maximum absolute atomic E-state index is 13.2. The standard InChI is InChI=1S/C29H25Cl2NO4S/c1-3-9-21-14-20(15-25(35-4-2)27(21)36-18-19-10-6-5-7-11-19)16-26-28(33)32(29(34)37-26)17-22-23(30)12-8-13-24(22)31/h3,5-8,10-16H,1,4,9,17-18H2,2H3/b26-16-. The summed E-state index contributed by atoms with van der Waals surface area (Å²) in [5.74, 6) is 0.786. The first-order valence-electron chi connectivity index (χ1n) is 11.7. The zero-order valence-electron chi connectivity index (χ0n) is 20.2. The summed E-state index contributed by atoms with van der Waals surface area (Å²) in [6.07, 6.45) is 4.01. The number of imide groups is 1. The van der Waals surface area contributed by atoms with Crippen LogP contribution in [-0.2, 0) is 24.4 Å². The number of benzene rings is 3. The Balaban J connectivity index is 1.63. The largest absolute Gasteiger partial charge is 0.490 e. The molecular weight excluding hydrogens is 529 g/mol. The summed E-state index contributed by atoms with van der Waals surface area (Å²) < 4.78 is 12.1. The van der Waals surface area contributed by atoms with Gasteiger partial charge in [0.25, 0.3) is 11.1 Å². The van der Waals surface area contributed by atoms with Crippen LogP contribution in [0.1, 0.15) is 29.2 Å². The van der Waals surface area contributed by atoms with Crippen molar-refractivity contribution < 1.29 is 19.1 Å². The van der Waals surface area contributed by atoms with Crippen LogP contribution in [0.15, 0.2) is 78.2 Å². The molecule has 1 aliphatic rings. The van der Waals surface area contributed by atoms with Crippen molar-refractivity contribution in [2.75, 3.05) is 6.61 Å². The van der Waals surface area contributed by atoms with E-state index in [4.69, 9.17) is 32.7 Å². The molecule has 0 N–H and O–H groups in total. The summed E-state index contributed by atoms with van der Waals surface area (Å²) in [6, 6.07) is 18.7. The lowest BCUT2D eigenvalue weighted by molar-refractivity contribution is -0.123. The SMILES string of the molecule is C=CCc1cc(/C=C2\SC(=O)N(Cc3c(Cl)cccc3Cl)C2=O)cc(OCC)c1OCc1ccccc1. The first-order chi connectivity index (χ1) is 17.9. The number of thioether (sulfide) groups is 1. The second-order valence-corrected chi connectivity index (χ2v) is 9.98. The molecule has 0 radical (unpaired) electrons. The lowest BCUT2D eigenvalue weighted by Gasteiger charge is -2.17. The molecule has 2 amide bonds. The van der Waals surface area contributed by atoms with Crippen LogP contribution >= 0.6 is 35.0 Å². The maximum Gasteiger partial charge on any atom is 0.293 e. The Hall–Kier alpha value is -3.19. The molecule has 0 bridgehead atoms. The van der Waals surface area contributed by atoms with E-state index in [9.17, 15) is 9.59 Å². The molecule has 1 saturated heterocycles. The number of carbonyl (C=O) groups excluding carboxylic acids is 2. The van der Waals surface area contributed by atoms with Crippen LogP contribution in [0.3, 0.4) is 0 Å². The molecule has 0 unspecified atom stereocenters. The minimum Gasteiger partial charge on any atom is -0.490 e. The number of ether oxygens (including phenoxy) is 2. The Labute approximate surface area is 230 Å². The zero-order valence-corrected chi connectivity index (χ0v) is 22.5. The Morgan fingerprint density at radius 3 is 2.41 bits per heavy atom. The highest BCUT2D eigenvalue weighted by Crippen LogP contribution is 2.39. The molecule has 0 aromatic heterocycles. The van der Waals surface area contributed by atoms with Crippen LogP contribution in [0.5, 0.6) is 11.5 Å². The monoisotopic (exact) mass is 553 g/mol. The molecule has 4 rings (SSSR count). The quantitative estimate of drug-likeness (QED) is 0.188. The van der Waals surface area contributed by atoms with Gasteiger partial charge in [-0.1, -0.05) is 65.7 Å². The smallest absolute Gasteiger partial charge is 0.293 e. The van der Waals surface area contributed by atoms with Gasteiger partial charge in [-0.25, -0.2) is 0 Å². The Morgan fingerprint density at radius 1 is 1.00 bits per heavy atom. The maximum atomic E-state index is 13.2. The molecule has 190 valence electrons. The second kappa shape index (κ2) is 12.4. The van der Waals surface area contributed by atoms with Gasteiger partial charge in [0.2, 0.25) is 0 Å². The number of rotatable bonds is 10. The molecule has 3 aromatic carbocycles. The van der Waals surface area contributed by atoms with Crippen molar-refractivity contribution in [2.24, 2.45) is 0 Å². The van der Waals surface area contributed by atoms with Crippen LogP contribution in [0, 0.1) is 0 Å². The van der Waals surface area contributed by atoms with Crippen LogP contribution < -0.4 is 9.47 Å². The highest BCUT2D eigenvalue weighted by Gasteiger charge is 2.35. The Kier molecular flexibility index (Phi) is 8.98. The number of allylic oxidation sites excluding steroid dienone is 1. The van der Waals surface area contributed by atoms with Gasteiger partial charge in [-0.15, -0.1) is 6.58 Å². The molecule has 37 heavy (non-hydrogen) atoms. The number of nitrogens with zero attached hydrogens (tertiary/aromatic N) is 1. The molecule has 0 atom stereocenters. The molecule has 1 aliphatic heterocycles. The number of halogens is 2. The van der Waals surface area contributed by atoms with Crippen molar-refractivity contribution >= 4 is 52.2 Å². The van der Waals surface area contributed by atoms with Gasteiger partial charge in [0, 0.05) is 21.2 Å². The van der Waals surface area contributed by atoms with Crippen molar-refractivity contribution in [1.82, 2.24) is 4.90 Å². The van der Waals surface area contributed by atoms with Gasteiger partial charge in [0.05, 0.1) is 18.1 Å². The minimum atomic E-state index is -0.404. The summed E-state index contributed by atoms with van der Waals surface area (Å²) >= 11 is 13.4. The molecule has 0 spiro atoms. The van der Waals surface area contributed by atoms with Crippen molar-refractivity contribution in [3.8, 4) is 11.5 Å². The van der Waals surface area contributed by atoms with Crippen molar-refractivity contribution in [1.29, 1.82) is 0 Å². The Bertz CT molecular complexity index is 1340. The number of hydrogen-bond donors (Lipinski definition) is 0. The average Bonchev–Trinajstić information content (AvgIpc) is 3.14. The third kappa shape index (κ3) is 6.39. The molecule has 8 heteroatoms. The van der Waals surface area contributed by atoms with Crippen molar-refractivity contribution in [3.63, 3.8) is 0 Å². The van der Waals surface area contributed by atoms with E-state index in [1.807, 2.05) is 49.4 Å². The molecule has 5 nitrogen and oxygen atoms in total. The number of carbonyl (C=O) groups is 2.